The number of anilines is 2. The van der Waals surface area contributed by atoms with Gasteiger partial charge < -0.3 is 5.32 Å². The van der Waals surface area contributed by atoms with Gasteiger partial charge in [0.05, 0.1) is 21.9 Å². The minimum atomic E-state index is 0.409. The maximum absolute atomic E-state index is 10.9. The van der Waals surface area contributed by atoms with Gasteiger partial charge in [0.1, 0.15) is 5.69 Å². The topological polar surface area (TPSA) is 54.9 Å². The Morgan fingerprint density at radius 2 is 1.76 bits per heavy atom. The first-order valence-corrected chi connectivity index (χ1v) is 9.70. The third-order valence-corrected chi connectivity index (χ3v) is 5.45. The van der Waals surface area contributed by atoms with Crippen LogP contribution in [0, 0.1) is 20.8 Å². The van der Waals surface area contributed by atoms with Crippen LogP contribution in [0.5, 0.6) is 0 Å². The fourth-order valence-electron chi connectivity index (χ4n) is 3.32. The van der Waals surface area contributed by atoms with E-state index in [1.54, 1.807) is 12.3 Å². The summed E-state index contributed by atoms with van der Waals surface area (Å²) in [6.07, 6.45) is 2.44. The first-order chi connectivity index (χ1) is 14.0. The summed E-state index contributed by atoms with van der Waals surface area (Å²) < 4.78 is 0. The Balaban J connectivity index is 1.88. The van der Waals surface area contributed by atoms with Crippen LogP contribution in [-0.4, -0.2) is 16.3 Å². The van der Waals surface area contributed by atoms with Crippen LogP contribution in [0.3, 0.4) is 0 Å². The average molecular weight is 402 g/mol. The molecule has 4 nitrogen and oxygen atoms in total. The highest BCUT2D eigenvalue weighted by atomic mass is 35.5. The first-order valence-electron chi connectivity index (χ1n) is 9.32. The molecule has 0 atom stereocenters. The monoisotopic (exact) mass is 401 g/mol. The van der Waals surface area contributed by atoms with E-state index in [2.05, 4.69) is 53.4 Å². The molecule has 0 amide bonds. The number of carbonyl (C=O) groups excluding carboxylic acids is 1. The van der Waals surface area contributed by atoms with E-state index in [0.29, 0.717) is 10.7 Å². The van der Waals surface area contributed by atoms with E-state index in [9.17, 15) is 4.79 Å². The molecule has 0 radical (unpaired) electrons. The van der Waals surface area contributed by atoms with Gasteiger partial charge in [-0.25, -0.2) is 0 Å². The van der Waals surface area contributed by atoms with Gasteiger partial charge in [0.15, 0.2) is 6.29 Å². The number of pyridine rings is 2. The summed E-state index contributed by atoms with van der Waals surface area (Å²) in [5.74, 6) is 0. The Kier molecular flexibility index (Phi) is 5.03. The van der Waals surface area contributed by atoms with Crippen LogP contribution in [0.4, 0.5) is 11.4 Å². The number of nitrogens with zero attached hydrogens (tertiary/aromatic N) is 2. The lowest BCUT2D eigenvalue weighted by molar-refractivity contribution is 0.111. The summed E-state index contributed by atoms with van der Waals surface area (Å²) >= 11 is 6.68. The Bertz CT molecular complexity index is 1230. The smallest absolute Gasteiger partial charge is 0.168 e. The number of aromatic nitrogens is 2. The highest BCUT2D eigenvalue weighted by Crippen LogP contribution is 2.37. The number of hydrogen-bond donors (Lipinski definition) is 1. The van der Waals surface area contributed by atoms with E-state index in [1.807, 2.05) is 25.1 Å². The van der Waals surface area contributed by atoms with Crippen molar-refractivity contribution in [1.29, 1.82) is 0 Å². The Morgan fingerprint density at radius 3 is 2.48 bits per heavy atom. The molecule has 29 heavy (non-hydrogen) atoms. The van der Waals surface area contributed by atoms with Crippen LogP contribution in [0.1, 0.15) is 27.3 Å². The van der Waals surface area contributed by atoms with Crippen LogP contribution in [0.15, 0.2) is 54.7 Å². The van der Waals surface area contributed by atoms with E-state index in [0.717, 1.165) is 50.9 Å². The Hall–Kier alpha value is -3.24. The maximum atomic E-state index is 10.9. The predicted octanol–water partition coefficient (Wildman–Crippen LogP) is 6.43. The molecule has 0 saturated heterocycles. The second-order valence-corrected chi connectivity index (χ2v) is 7.53. The van der Waals surface area contributed by atoms with Crippen molar-refractivity contribution in [3.05, 3.63) is 82.3 Å². The molecule has 0 saturated carbocycles. The largest absolute Gasteiger partial charge is 0.353 e. The highest BCUT2D eigenvalue weighted by molar-refractivity contribution is 6.35. The number of hydrogen-bond acceptors (Lipinski definition) is 4. The molecule has 4 rings (SSSR count). The minimum absolute atomic E-state index is 0.409. The van der Waals surface area contributed by atoms with Gasteiger partial charge in [0.2, 0.25) is 0 Å². The number of fused-ring (bicyclic) bond motifs is 1. The summed E-state index contributed by atoms with van der Waals surface area (Å²) in [4.78, 5) is 19.7. The van der Waals surface area contributed by atoms with Gasteiger partial charge in [-0.05, 0) is 61.7 Å². The standard InChI is InChI=1S/C24H20ClN3O/c1-14-4-5-15(2)22(10-14)28-24-20-11-17(18-6-8-19(13-29)26-12-18)7-9-21(20)27-16(3)23(24)25/h4-13H,1-3H3,(H,27,28). The summed E-state index contributed by atoms with van der Waals surface area (Å²) in [6, 6.07) is 15.9. The molecular weight excluding hydrogens is 382 g/mol. The van der Waals surface area contributed by atoms with E-state index in [4.69, 9.17) is 11.6 Å². The van der Waals surface area contributed by atoms with Crippen molar-refractivity contribution in [2.45, 2.75) is 20.8 Å². The quantitative estimate of drug-likeness (QED) is 0.400. The zero-order chi connectivity index (χ0) is 20.5. The molecule has 0 fully saturated rings. The van der Waals surface area contributed by atoms with Crippen LogP contribution < -0.4 is 5.32 Å². The van der Waals surface area contributed by atoms with E-state index in [1.165, 1.54) is 5.56 Å². The summed E-state index contributed by atoms with van der Waals surface area (Å²) in [5, 5.41) is 5.06. The SMILES string of the molecule is Cc1ccc(C)c(Nc2c(Cl)c(C)nc3ccc(-c4ccc(C=O)nc4)cc23)c1. The summed E-state index contributed by atoms with van der Waals surface area (Å²) in [6.45, 7) is 6.04. The van der Waals surface area contributed by atoms with Crippen molar-refractivity contribution >= 4 is 40.2 Å². The molecule has 4 aromatic rings. The van der Waals surface area contributed by atoms with Gasteiger partial charge in [-0.1, -0.05) is 35.9 Å². The number of rotatable bonds is 4. The van der Waals surface area contributed by atoms with Gasteiger partial charge >= 0.3 is 0 Å². The van der Waals surface area contributed by atoms with Crippen molar-refractivity contribution in [1.82, 2.24) is 9.97 Å². The average Bonchev–Trinajstić information content (AvgIpc) is 2.73. The lowest BCUT2D eigenvalue weighted by Crippen LogP contribution is -1.99. The van der Waals surface area contributed by atoms with Gasteiger partial charge in [0, 0.05) is 22.8 Å². The van der Waals surface area contributed by atoms with E-state index >= 15 is 0 Å². The van der Waals surface area contributed by atoms with Gasteiger partial charge in [0.25, 0.3) is 0 Å². The number of benzene rings is 2. The van der Waals surface area contributed by atoms with E-state index < -0.39 is 0 Å². The zero-order valence-corrected chi connectivity index (χ0v) is 17.2. The van der Waals surface area contributed by atoms with Crippen LogP contribution in [0.25, 0.3) is 22.0 Å². The second kappa shape index (κ2) is 7.64. The summed E-state index contributed by atoms with van der Waals surface area (Å²) in [5.41, 5.74) is 8.11. The van der Waals surface area contributed by atoms with Crippen molar-refractivity contribution in [3.63, 3.8) is 0 Å². The molecule has 2 aromatic carbocycles. The number of aryl methyl sites for hydroxylation is 3. The maximum Gasteiger partial charge on any atom is 0.168 e. The Labute approximate surface area is 174 Å². The molecule has 5 heteroatoms. The van der Waals surface area contributed by atoms with Crippen molar-refractivity contribution in [3.8, 4) is 11.1 Å². The van der Waals surface area contributed by atoms with Gasteiger partial charge in [-0.15, -0.1) is 0 Å². The molecule has 0 spiro atoms. The normalized spacial score (nSPS) is 10.9. The molecule has 0 bridgehead atoms. The molecule has 144 valence electrons. The van der Waals surface area contributed by atoms with Crippen LogP contribution >= 0.6 is 11.6 Å². The van der Waals surface area contributed by atoms with Crippen LogP contribution in [0.2, 0.25) is 5.02 Å². The zero-order valence-electron chi connectivity index (χ0n) is 16.5. The van der Waals surface area contributed by atoms with Crippen LogP contribution in [-0.2, 0) is 0 Å². The number of carbonyl (C=O) groups is 1. The Morgan fingerprint density at radius 1 is 0.966 bits per heavy atom. The molecule has 0 aliphatic heterocycles. The van der Waals surface area contributed by atoms with Gasteiger partial charge in [-0.3, -0.25) is 14.8 Å². The number of aldehydes is 1. The summed E-state index contributed by atoms with van der Waals surface area (Å²) in [7, 11) is 0. The highest BCUT2D eigenvalue weighted by Gasteiger charge is 2.14. The molecule has 0 aliphatic carbocycles. The molecule has 0 unspecified atom stereocenters. The van der Waals surface area contributed by atoms with Gasteiger partial charge in [-0.2, -0.15) is 0 Å². The lowest BCUT2D eigenvalue weighted by atomic mass is 10.0. The fraction of sp³-hybridized carbons (Fsp3) is 0.125. The third kappa shape index (κ3) is 3.71. The molecule has 2 aromatic heterocycles. The van der Waals surface area contributed by atoms with E-state index in [-0.39, 0.29) is 0 Å². The second-order valence-electron chi connectivity index (χ2n) is 7.15. The predicted molar refractivity (Wildman–Crippen MR) is 119 cm³/mol. The number of halogens is 1. The molecule has 2 heterocycles. The van der Waals surface area contributed by atoms with Crippen molar-refractivity contribution in [2.24, 2.45) is 0 Å². The van der Waals surface area contributed by atoms with Crippen molar-refractivity contribution < 1.29 is 4.79 Å². The fourth-order valence-corrected chi connectivity index (χ4v) is 3.51. The first kappa shape index (κ1) is 19.1. The van der Waals surface area contributed by atoms with Crippen molar-refractivity contribution in [2.75, 3.05) is 5.32 Å². The molecular formula is C24H20ClN3O. The third-order valence-electron chi connectivity index (χ3n) is 4.98. The minimum Gasteiger partial charge on any atom is -0.353 e. The molecule has 0 aliphatic rings. The lowest BCUT2D eigenvalue weighted by Gasteiger charge is -2.16. The molecule has 1 N–H and O–H groups in total. The number of nitrogens with one attached hydrogen (secondary N) is 1.